The van der Waals surface area contributed by atoms with E-state index in [1.54, 1.807) is 7.11 Å². The standard InChI is InChI=1S/C20H22N4O3/c1-4-17-23-20(27-24-17)19-14(11-25-3)18-13-8-12(10-26-5-2)6-7-15(13)22-16(18)9-21-19/h6-9,22H,4-5,10-11H2,1-3H3. The smallest absolute Gasteiger partial charge is 0.276 e. The highest BCUT2D eigenvalue weighted by atomic mass is 16.5. The number of aryl methyl sites for hydroxylation is 1. The predicted octanol–water partition coefficient (Wildman–Crippen LogP) is 4.01. The average molecular weight is 366 g/mol. The number of rotatable bonds is 7. The summed E-state index contributed by atoms with van der Waals surface area (Å²) in [6.45, 7) is 5.65. The largest absolute Gasteiger partial charge is 0.380 e. The van der Waals surface area contributed by atoms with E-state index in [0.29, 0.717) is 43.7 Å². The Labute approximate surface area is 156 Å². The normalized spacial score (nSPS) is 11.7. The van der Waals surface area contributed by atoms with Crippen LogP contribution in [0.25, 0.3) is 33.4 Å². The Bertz CT molecular complexity index is 1080. The second-order valence-electron chi connectivity index (χ2n) is 6.32. The molecule has 0 saturated heterocycles. The summed E-state index contributed by atoms with van der Waals surface area (Å²) >= 11 is 0. The Morgan fingerprint density at radius 3 is 2.78 bits per heavy atom. The fourth-order valence-corrected chi connectivity index (χ4v) is 3.28. The minimum Gasteiger partial charge on any atom is -0.380 e. The molecule has 4 rings (SSSR count). The van der Waals surface area contributed by atoms with Gasteiger partial charge in [-0.15, -0.1) is 0 Å². The highest BCUT2D eigenvalue weighted by Crippen LogP contribution is 2.34. The fraction of sp³-hybridized carbons (Fsp3) is 0.350. The van der Waals surface area contributed by atoms with Gasteiger partial charge in [0, 0.05) is 42.0 Å². The summed E-state index contributed by atoms with van der Waals surface area (Å²) in [6.07, 6.45) is 2.51. The number of nitrogens with one attached hydrogen (secondary N) is 1. The van der Waals surface area contributed by atoms with Crippen LogP contribution in [0.2, 0.25) is 0 Å². The number of aromatic amines is 1. The summed E-state index contributed by atoms with van der Waals surface area (Å²) in [5.74, 6) is 1.08. The lowest BCUT2D eigenvalue weighted by atomic mass is 10.0. The second-order valence-corrected chi connectivity index (χ2v) is 6.32. The van der Waals surface area contributed by atoms with E-state index in [0.717, 1.165) is 32.9 Å². The van der Waals surface area contributed by atoms with Crippen LogP contribution in [-0.2, 0) is 29.1 Å². The average Bonchev–Trinajstić information content (AvgIpc) is 3.31. The molecule has 3 heterocycles. The summed E-state index contributed by atoms with van der Waals surface area (Å²) in [5, 5.41) is 6.17. The van der Waals surface area contributed by atoms with Crippen LogP contribution < -0.4 is 0 Å². The molecule has 0 unspecified atom stereocenters. The number of hydrogen-bond donors (Lipinski definition) is 1. The van der Waals surface area contributed by atoms with E-state index in [2.05, 4.69) is 38.3 Å². The molecular weight excluding hydrogens is 344 g/mol. The third-order valence-electron chi connectivity index (χ3n) is 4.55. The molecule has 0 atom stereocenters. The monoisotopic (exact) mass is 366 g/mol. The maximum absolute atomic E-state index is 5.56. The van der Waals surface area contributed by atoms with Crippen molar-refractivity contribution in [3.63, 3.8) is 0 Å². The number of methoxy groups -OCH3 is 1. The molecular formula is C20H22N4O3. The van der Waals surface area contributed by atoms with Crippen LogP contribution in [0.1, 0.15) is 30.8 Å². The van der Waals surface area contributed by atoms with Gasteiger partial charge in [0.25, 0.3) is 5.89 Å². The van der Waals surface area contributed by atoms with E-state index in [4.69, 9.17) is 14.0 Å². The maximum atomic E-state index is 5.56. The molecule has 0 saturated carbocycles. The van der Waals surface area contributed by atoms with Gasteiger partial charge in [0.15, 0.2) is 5.82 Å². The minimum absolute atomic E-state index is 0.395. The molecule has 27 heavy (non-hydrogen) atoms. The second kappa shape index (κ2) is 7.46. The van der Waals surface area contributed by atoms with Crippen LogP contribution in [0, 0.1) is 0 Å². The van der Waals surface area contributed by atoms with Crippen molar-refractivity contribution in [1.82, 2.24) is 20.1 Å². The Balaban J connectivity index is 1.94. The topological polar surface area (TPSA) is 86.1 Å². The number of H-pyrrole nitrogens is 1. The number of pyridine rings is 1. The van der Waals surface area contributed by atoms with Crippen molar-refractivity contribution in [3.8, 4) is 11.6 Å². The Kier molecular flexibility index (Phi) is 4.87. The van der Waals surface area contributed by atoms with Crippen molar-refractivity contribution < 1.29 is 14.0 Å². The summed E-state index contributed by atoms with van der Waals surface area (Å²) in [4.78, 5) is 12.5. The van der Waals surface area contributed by atoms with Crippen LogP contribution in [0.3, 0.4) is 0 Å². The van der Waals surface area contributed by atoms with Crippen molar-refractivity contribution >= 4 is 21.8 Å². The van der Waals surface area contributed by atoms with E-state index in [9.17, 15) is 0 Å². The lowest BCUT2D eigenvalue weighted by molar-refractivity contribution is 0.134. The van der Waals surface area contributed by atoms with E-state index in [-0.39, 0.29) is 0 Å². The van der Waals surface area contributed by atoms with Crippen molar-refractivity contribution in [1.29, 1.82) is 0 Å². The molecule has 7 heteroatoms. The van der Waals surface area contributed by atoms with Gasteiger partial charge in [-0.2, -0.15) is 4.98 Å². The Morgan fingerprint density at radius 2 is 2.04 bits per heavy atom. The number of hydrogen-bond acceptors (Lipinski definition) is 6. The first-order valence-electron chi connectivity index (χ1n) is 9.07. The van der Waals surface area contributed by atoms with Gasteiger partial charge in [-0.1, -0.05) is 18.1 Å². The predicted molar refractivity (Wildman–Crippen MR) is 102 cm³/mol. The van der Waals surface area contributed by atoms with Crippen LogP contribution in [0.5, 0.6) is 0 Å². The highest BCUT2D eigenvalue weighted by Gasteiger charge is 2.20. The molecule has 3 aromatic heterocycles. The Hall–Kier alpha value is -2.77. The fourth-order valence-electron chi connectivity index (χ4n) is 3.28. The minimum atomic E-state index is 0.395. The van der Waals surface area contributed by atoms with Crippen LogP contribution >= 0.6 is 0 Å². The molecule has 0 aliphatic carbocycles. The van der Waals surface area contributed by atoms with Gasteiger partial charge in [0.05, 0.1) is 24.9 Å². The molecule has 140 valence electrons. The maximum Gasteiger partial charge on any atom is 0.276 e. The Morgan fingerprint density at radius 1 is 1.15 bits per heavy atom. The molecule has 4 aromatic rings. The lowest BCUT2D eigenvalue weighted by Gasteiger charge is -2.07. The van der Waals surface area contributed by atoms with Crippen molar-refractivity contribution in [2.45, 2.75) is 33.5 Å². The molecule has 0 aliphatic rings. The van der Waals surface area contributed by atoms with Gasteiger partial charge < -0.3 is 19.0 Å². The number of benzene rings is 1. The quantitative estimate of drug-likeness (QED) is 0.532. The third kappa shape index (κ3) is 3.20. The molecule has 0 aliphatic heterocycles. The first kappa shape index (κ1) is 17.6. The number of nitrogens with zero attached hydrogens (tertiary/aromatic N) is 3. The third-order valence-corrected chi connectivity index (χ3v) is 4.55. The molecule has 0 radical (unpaired) electrons. The molecule has 7 nitrogen and oxygen atoms in total. The summed E-state index contributed by atoms with van der Waals surface area (Å²) in [7, 11) is 1.67. The molecule has 1 N–H and O–H groups in total. The van der Waals surface area contributed by atoms with Crippen molar-refractivity contribution in [2.75, 3.05) is 13.7 Å². The summed E-state index contributed by atoms with van der Waals surface area (Å²) < 4.78 is 16.5. The van der Waals surface area contributed by atoms with Crippen molar-refractivity contribution in [3.05, 3.63) is 41.3 Å². The van der Waals surface area contributed by atoms with Gasteiger partial charge in [0.1, 0.15) is 5.69 Å². The van der Waals surface area contributed by atoms with E-state index >= 15 is 0 Å². The van der Waals surface area contributed by atoms with Crippen LogP contribution in [-0.4, -0.2) is 33.8 Å². The van der Waals surface area contributed by atoms with Crippen LogP contribution in [0.15, 0.2) is 28.9 Å². The van der Waals surface area contributed by atoms with Crippen molar-refractivity contribution in [2.24, 2.45) is 0 Å². The first-order chi connectivity index (χ1) is 13.2. The number of fused-ring (bicyclic) bond motifs is 3. The van der Waals surface area contributed by atoms with E-state index in [1.807, 2.05) is 20.0 Å². The van der Waals surface area contributed by atoms with E-state index in [1.165, 1.54) is 0 Å². The molecule has 0 spiro atoms. The zero-order valence-electron chi connectivity index (χ0n) is 15.7. The van der Waals surface area contributed by atoms with Gasteiger partial charge in [0.2, 0.25) is 0 Å². The van der Waals surface area contributed by atoms with Crippen LogP contribution in [0.4, 0.5) is 0 Å². The zero-order valence-corrected chi connectivity index (χ0v) is 15.7. The van der Waals surface area contributed by atoms with E-state index < -0.39 is 0 Å². The number of ether oxygens (including phenoxy) is 2. The zero-order chi connectivity index (χ0) is 18.8. The summed E-state index contributed by atoms with van der Waals surface area (Å²) in [5.41, 5.74) is 4.71. The van der Waals surface area contributed by atoms with Gasteiger partial charge >= 0.3 is 0 Å². The highest BCUT2D eigenvalue weighted by molar-refractivity contribution is 6.10. The molecule has 0 amide bonds. The SMILES string of the molecule is CCOCc1ccc2[nH]c3cnc(-c4nc(CC)no4)c(COC)c3c2c1. The number of aromatic nitrogens is 4. The molecule has 0 bridgehead atoms. The van der Waals surface area contributed by atoms with Gasteiger partial charge in [-0.3, -0.25) is 0 Å². The van der Waals surface area contributed by atoms with Gasteiger partial charge in [-0.25, -0.2) is 4.98 Å². The molecule has 0 fully saturated rings. The lowest BCUT2D eigenvalue weighted by Crippen LogP contribution is -1.97. The first-order valence-corrected chi connectivity index (χ1v) is 9.07. The molecule has 1 aromatic carbocycles. The van der Waals surface area contributed by atoms with Gasteiger partial charge in [-0.05, 0) is 24.6 Å². The summed E-state index contributed by atoms with van der Waals surface area (Å²) in [6, 6.07) is 6.29.